The highest BCUT2D eigenvalue weighted by molar-refractivity contribution is 7.99. The number of hydrogen-bond acceptors (Lipinski definition) is 5. The molecule has 2 N–H and O–H groups in total. The molecule has 0 radical (unpaired) electrons. The number of hydrogen-bond donors (Lipinski definition) is 2. The van der Waals surface area contributed by atoms with E-state index in [2.05, 4.69) is 20.8 Å². The molecule has 1 atom stereocenters. The van der Waals surface area contributed by atoms with Crippen molar-refractivity contribution in [3.63, 3.8) is 0 Å². The van der Waals surface area contributed by atoms with E-state index in [9.17, 15) is 9.59 Å². The van der Waals surface area contributed by atoms with Gasteiger partial charge in [0.25, 0.3) is 5.91 Å². The molecule has 10 heteroatoms. The Bertz CT molecular complexity index is 1180. The van der Waals surface area contributed by atoms with Crippen LogP contribution in [0.25, 0.3) is 0 Å². The van der Waals surface area contributed by atoms with Crippen LogP contribution in [-0.2, 0) is 11.3 Å². The molecular weight excluding hydrogens is 493 g/mol. The molecule has 0 saturated heterocycles. The van der Waals surface area contributed by atoms with E-state index in [4.69, 9.17) is 23.2 Å². The molecule has 1 heterocycles. The zero-order valence-electron chi connectivity index (χ0n) is 19.4. The minimum atomic E-state index is -0.379. The average molecular weight is 520 g/mol. The lowest BCUT2D eigenvalue weighted by Gasteiger charge is -2.22. The normalized spacial score (nSPS) is 12.0. The van der Waals surface area contributed by atoms with Gasteiger partial charge in [-0.15, -0.1) is 10.2 Å². The summed E-state index contributed by atoms with van der Waals surface area (Å²) < 4.78 is 1.92. The highest BCUT2D eigenvalue weighted by Crippen LogP contribution is 2.27. The van der Waals surface area contributed by atoms with Crippen molar-refractivity contribution in [2.24, 2.45) is 5.92 Å². The van der Waals surface area contributed by atoms with E-state index in [0.717, 1.165) is 11.3 Å². The Kier molecular flexibility index (Phi) is 8.99. The summed E-state index contributed by atoms with van der Waals surface area (Å²) in [5.41, 5.74) is 2.01. The molecule has 34 heavy (non-hydrogen) atoms. The van der Waals surface area contributed by atoms with Gasteiger partial charge in [0.05, 0.1) is 22.4 Å². The lowest BCUT2D eigenvalue weighted by atomic mass is 10.0. The predicted molar refractivity (Wildman–Crippen MR) is 138 cm³/mol. The van der Waals surface area contributed by atoms with Crippen molar-refractivity contribution >= 4 is 52.5 Å². The molecule has 0 fully saturated rings. The lowest BCUT2D eigenvalue weighted by molar-refractivity contribution is -0.113. The number of carbonyl (C=O) groups excluding carboxylic acids is 2. The van der Waals surface area contributed by atoms with Crippen molar-refractivity contribution in [2.75, 3.05) is 11.1 Å². The summed E-state index contributed by atoms with van der Waals surface area (Å²) in [5, 5.41) is 16.2. The highest BCUT2D eigenvalue weighted by Gasteiger charge is 2.26. The van der Waals surface area contributed by atoms with Crippen molar-refractivity contribution in [3.8, 4) is 0 Å². The van der Waals surface area contributed by atoms with E-state index in [0.29, 0.717) is 33.1 Å². The number of aromatic nitrogens is 3. The highest BCUT2D eigenvalue weighted by atomic mass is 35.5. The van der Waals surface area contributed by atoms with Crippen LogP contribution >= 0.6 is 35.0 Å². The van der Waals surface area contributed by atoms with Gasteiger partial charge < -0.3 is 15.2 Å². The van der Waals surface area contributed by atoms with Gasteiger partial charge >= 0.3 is 0 Å². The van der Waals surface area contributed by atoms with Crippen LogP contribution in [0.15, 0.2) is 47.6 Å². The van der Waals surface area contributed by atoms with Gasteiger partial charge in [0.2, 0.25) is 5.91 Å². The molecule has 1 aromatic heterocycles. The van der Waals surface area contributed by atoms with Crippen LogP contribution in [0.2, 0.25) is 10.0 Å². The monoisotopic (exact) mass is 519 g/mol. The Morgan fingerprint density at radius 2 is 1.85 bits per heavy atom. The second kappa shape index (κ2) is 11.7. The van der Waals surface area contributed by atoms with Gasteiger partial charge in [-0.25, -0.2) is 0 Å². The fourth-order valence-electron chi connectivity index (χ4n) is 3.41. The summed E-state index contributed by atoms with van der Waals surface area (Å²) in [5.74, 6) is 0.416. The molecule has 0 unspecified atom stereocenters. The minimum Gasteiger partial charge on any atom is -0.342 e. The minimum absolute atomic E-state index is 0.0509. The van der Waals surface area contributed by atoms with Crippen LogP contribution in [0.3, 0.4) is 0 Å². The maximum Gasteiger partial charge on any atom is 0.253 e. The second-order valence-electron chi connectivity index (χ2n) is 8.06. The summed E-state index contributed by atoms with van der Waals surface area (Å²) in [6.45, 7) is 8.45. The summed E-state index contributed by atoms with van der Waals surface area (Å²) in [6.07, 6.45) is 0. The van der Waals surface area contributed by atoms with Gasteiger partial charge in [0.15, 0.2) is 11.0 Å². The first-order chi connectivity index (χ1) is 16.2. The molecule has 2 aromatic carbocycles. The van der Waals surface area contributed by atoms with Crippen LogP contribution in [0, 0.1) is 12.8 Å². The fourth-order valence-corrected chi connectivity index (χ4v) is 4.67. The molecule has 0 aliphatic carbocycles. The Labute approximate surface area is 213 Å². The smallest absolute Gasteiger partial charge is 0.253 e. The third kappa shape index (κ3) is 6.31. The number of amides is 2. The number of carbonyl (C=O) groups is 2. The molecule has 0 aliphatic heterocycles. The van der Waals surface area contributed by atoms with Crippen molar-refractivity contribution in [1.29, 1.82) is 0 Å². The van der Waals surface area contributed by atoms with Gasteiger partial charge in [-0.2, -0.15) is 0 Å². The first kappa shape index (κ1) is 26.1. The molecule has 0 saturated carbocycles. The largest absolute Gasteiger partial charge is 0.342 e. The average Bonchev–Trinajstić information content (AvgIpc) is 3.20. The SMILES string of the molecule is CCn1c(SCC(=O)Nc2ccc(Cl)cc2C)nnc1[C@@H](NC(=O)c1ccccc1Cl)C(C)C. The first-order valence-corrected chi connectivity index (χ1v) is 12.6. The standard InChI is InChI=1S/C24H27Cl2N5O2S/c1-5-31-22(21(14(2)3)28-23(33)17-8-6-7-9-18(17)26)29-30-24(31)34-13-20(32)27-19-11-10-16(25)12-15(19)4/h6-12,14,21H,5,13H2,1-4H3,(H,27,32)(H,28,33)/t21-/m0/s1. The Hall–Kier alpha value is -2.55. The molecule has 7 nitrogen and oxygen atoms in total. The zero-order valence-corrected chi connectivity index (χ0v) is 21.8. The van der Waals surface area contributed by atoms with Gasteiger partial charge in [-0.1, -0.05) is 60.9 Å². The van der Waals surface area contributed by atoms with Gasteiger partial charge in [0.1, 0.15) is 0 Å². The summed E-state index contributed by atoms with van der Waals surface area (Å²) >= 11 is 13.5. The zero-order chi connectivity index (χ0) is 24.8. The molecule has 0 spiro atoms. The third-order valence-corrected chi connectivity index (χ3v) is 6.74. The van der Waals surface area contributed by atoms with Crippen molar-refractivity contribution in [2.45, 2.75) is 45.4 Å². The van der Waals surface area contributed by atoms with Crippen LogP contribution in [0.5, 0.6) is 0 Å². The molecular formula is C24H27Cl2N5O2S. The number of halogens is 2. The Morgan fingerprint density at radius 3 is 2.50 bits per heavy atom. The van der Waals surface area contributed by atoms with Crippen molar-refractivity contribution in [3.05, 3.63) is 69.5 Å². The van der Waals surface area contributed by atoms with E-state index in [-0.39, 0.29) is 29.5 Å². The van der Waals surface area contributed by atoms with Crippen molar-refractivity contribution < 1.29 is 9.59 Å². The summed E-state index contributed by atoms with van der Waals surface area (Å²) in [6, 6.07) is 11.8. The molecule has 3 rings (SSSR count). The molecule has 0 aliphatic rings. The van der Waals surface area contributed by atoms with Crippen LogP contribution < -0.4 is 10.6 Å². The summed E-state index contributed by atoms with van der Waals surface area (Å²) in [7, 11) is 0. The van der Waals surface area contributed by atoms with Crippen LogP contribution in [0.4, 0.5) is 5.69 Å². The number of nitrogens with zero attached hydrogens (tertiary/aromatic N) is 3. The Morgan fingerprint density at radius 1 is 1.12 bits per heavy atom. The number of rotatable bonds is 9. The number of benzene rings is 2. The van der Waals surface area contributed by atoms with Crippen molar-refractivity contribution in [1.82, 2.24) is 20.1 Å². The summed E-state index contributed by atoms with van der Waals surface area (Å²) in [4.78, 5) is 25.4. The van der Waals surface area contributed by atoms with Gasteiger partial charge in [-0.05, 0) is 55.7 Å². The quantitative estimate of drug-likeness (QED) is 0.350. The van der Waals surface area contributed by atoms with E-state index in [1.54, 1.807) is 42.5 Å². The second-order valence-corrected chi connectivity index (χ2v) is 9.84. The van der Waals surface area contributed by atoms with Crippen LogP contribution in [-0.4, -0.2) is 32.3 Å². The van der Waals surface area contributed by atoms with Gasteiger partial charge in [0, 0.05) is 17.3 Å². The topological polar surface area (TPSA) is 88.9 Å². The number of anilines is 1. The van der Waals surface area contributed by atoms with E-state index >= 15 is 0 Å². The lowest BCUT2D eigenvalue weighted by Crippen LogP contribution is -2.34. The Balaban J connectivity index is 1.72. The molecule has 0 bridgehead atoms. The van der Waals surface area contributed by atoms with Crippen LogP contribution in [0.1, 0.15) is 48.6 Å². The van der Waals surface area contributed by atoms with Gasteiger partial charge in [-0.3, -0.25) is 9.59 Å². The molecule has 2 amide bonds. The maximum atomic E-state index is 12.9. The fraction of sp³-hybridized carbons (Fsp3) is 0.333. The first-order valence-electron chi connectivity index (χ1n) is 10.9. The number of thioether (sulfide) groups is 1. The maximum absolute atomic E-state index is 12.9. The number of aryl methyl sites for hydroxylation is 1. The van der Waals surface area contributed by atoms with E-state index in [1.165, 1.54) is 11.8 Å². The van der Waals surface area contributed by atoms with E-state index in [1.807, 2.05) is 32.3 Å². The molecule has 3 aromatic rings. The van der Waals surface area contributed by atoms with E-state index < -0.39 is 0 Å². The third-order valence-electron chi connectivity index (χ3n) is 5.21. The predicted octanol–water partition coefficient (Wildman–Crippen LogP) is 5.77. The number of nitrogens with one attached hydrogen (secondary N) is 2. The molecule has 180 valence electrons.